The van der Waals surface area contributed by atoms with Crippen molar-refractivity contribution in [3.63, 3.8) is 0 Å². The predicted octanol–water partition coefficient (Wildman–Crippen LogP) is 1.70. The van der Waals surface area contributed by atoms with Crippen molar-refractivity contribution in [1.82, 2.24) is 4.98 Å². The van der Waals surface area contributed by atoms with Crippen LogP contribution in [0.2, 0.25) is 0 Å². The molecule has 0 bridgehead atoms. The van der Waals surface area contributed by atoms with E-state index in [9.17, 15) is 0 Å². The van der Waals surface area contributed by atoms with Gasteiger partial charge in [-0.3, -0.25) is 4.98 Å². The van der Waals surface area contributed by atoms with Gasteiger partial charge in [-0.25, -0.2) is 0 Å². The van der Waals surface area contributed by atoms with Gasteiger partial charge in [-0.2, -0.15) is 0 Å². The third kappa shape index (κ3) is 4.32. The Morgan fingerprint density at radius 2 is 2.12 bits per heavy atom. The Morgan fingerprint density at radius 1 is 1.35 bits per heavy atom. The quantitative estimate of drug-likeness (QED) is 0.785. The molecular formula is C13H22N2O2. The summed E-state index contributed by atoms with van der Waals surface area (Å²) >= 11 is 0. The Morgan fingerprint density at radius 3 is 2.71 bits per heavy atom. The molecule has 2 N–H and O–H groups in total. The molecular weight excluding hydrogens is 216 g/mol. The second kappa shape index (κ2) is 7.25. The molecule has 4 heteroatoms. The van der Waals surface area contributed by atoms with Crippen molar-refractivity contribution in [2.75, 3.05) is 19.8 Å². The van der Waals surface area contributed by atoms with Gasteiger partial charge in [0.15, 0.2) is 0 Å². The minimum atomic E-state index is -0.0500. The highest BCUT2D eigenvalue weighted by atomic mass is 16.5. The molecule has 1 aromatic rings. The molecule has 17 heavy (non-hydrogen) atoms. The van der Waals surface area contributed by atoms with E-state index in [2.05, 4.69) is 11.9 Å². The van der Waals surface area contributed by atoms with Crippen LogP contribution in [0.4, 0.5) is 0 Å². The van der Waals surface area contributed by atoms with Gasteiger partial charge in [-0.1, -0.05) is 6.92 Å². The highest BCUT2D eigenvalue weighted by molar-refractivity contribution is 5.29. The molecule has 1 aromatic heterocycles. The Kier molecular flexibility index (Phi) is 5.94. The van der Waals surface area contributed by atoms with E-state index in [1.165, 1.54) is 0 Å². The lowest BCUT2D eigenvalue weighted by molar-refractivity contribution is 0.0333. The first-order chi connectivity index (χ1) is 8.21. The second-order valence-electron chi connectivity index (χ2n) is 3.88. The molecule has 0 aliphatic carbocycles. The maximum atomic E-state index is 5.72. The summed E-state index contributed by atoms with van der Waals surface area (Å²) in [5.41, 5.74) is 7.59. The molecule has 0 saturated carbocycles. The Bertz CT molecular complexity index is 342. The minimum absolute atomic E-state index is 0.0500. The van der Waals surface area contributed by atoms with Crippen LogP contribution in [-0.4, -0.2) is 30.8 Å². The molecule has 0 saturated heterocycles. The molecule has 0 fully saturated rings. The number of nitrogens with zero attached hydrogens (tertiary/aromatic N) is 1. The van der Waals surface area contributed by atoms with E-state index in [0.717, 1.165) is 23.6 Å². The number of aromatic nitrogens is 1. The van der Waals surface area contributed by atoms with Crippen molar-refractivity contribution in [3.05, 3.63) is 23.5 Å². The molecule has 1 heterocycles. The number of hydrogen-bond acceptors (Lipinski definition) is 4. The fourth-order valence-corrected chi connectivity index (χ4v) is 1.59. The van der Waals surface area contributed by atoms with Crippen LogP contribution in [-0.2, 0) is 11.2 Å². The molecule has 0 radical (unpaired) electrons. The van der Waals surface area contributed by atoms with Crippen LogP contribution >= 0.6 is 0 Å². The van der Waals surface area contributed by atoms with Gasteiger partial charge in [0, 0.05) is 18.8 Å². The van der Waals surface area contributed by atoms with E-state index in [1.807, 2.05) is 26.0 Å². The molecule has 1 unspecified atom stereocenters. The van der Waals surface area contributed by atoms with Crippen molar-refractivity contribution in [2.45, 2.75) is 33.3 Å². The van der Waals surface area contributed by atoms with Crippen molar-refractivity contribution < 1.29 is 9.47 Å². The molecule has 0 aliphatic heterocycles. The monoisotopic (exact) mass is 238 g/mol. The molecule has 1 rings (SSSR count). The number of nitrogens with two attached hydrogens (primary N) is 1. The minimum Gasteiger partial charge on any atom is -0.489 e. The summed E-state index contributed by atoms with van der Waals surface area (Å²) in [6.45, 7) is 7.59. The third-order valence-corrected chi connectivity index (χ3v) is 2.50. The molecule has 96 valence electrons. The van der Waals surface area contributed by atoms with Crippen molar-refractivity contribution in [3.8, 4) is 5.75 Å². The van der Waals surface area contributed by atoms with Gasteiger partial charge in [-0.15, -0.1) is 0 Å². The fourth-order valence-electron chi connectivity index (χ4n) is 1.59. The van der Waals surface area contributed by atoms with Gasteiger partial charge < -0.3 is 15.2 Å². The van der Waals surface area contributed by atoms with Gasteiger partial charge in [0.1, 0.15) is 18.5 Å². The maximum Gasteiger partial charge on any atom is 0.140 e. The van der Waals surface area contributed by atoms with Gasteiger partial charge in [0.2, 0.25) is 0 Å². The lowest BCUT2D eigenvalue weighted by atomic mass is 10.2. The van der Waals surface area contributed by atoms with Crippen molar-refractivity contribution in [1.29, 1.82) is 0 Å². The summed E-state index contributed by atoms with van der Waals surface area (Å²) in [6.07, 6.45) is 0.810. The molecule has 0 amide bonds. The average Bonchev–Trinajstić information content (AvgIpc) is 2.35. The van der Waals surface area contributed by atoms with Crippen LogP contribution in [0.3, 0.4) is 0 Å². The van der Waals surface area contributed by atoms with Crippen LogP contribution in [0.5, 0.6) is 5.75 Å². The van der Waals surface area contributed by atoms with Gasteiger partial charge >= 0.3 is 0 Å². The molecule has 4 nitrogen and oxygen atoms in total. The van der Waals surface area contributed by atoms with Crippen LogP contribution < -0.4 is 10.5 Å². The zero-order valence-electron chi connectivity index (χ0n) is 10.9. The standard InChI is InChI=1S/C13H22N2O2/c1-4-12-13(7-6-10(3)15-12)17-9-11(8-14)16-5-2/h6-7,11H,4-5,8-9,14H2,1-3H3. The summed E-state index contributed by atoms with van der Waals surface area (Å²) in [6, 6.07) is 3.91. The molecule has 0 spiro atoms. The third-order valence-electron chi connectivity index (χ3n) is 2.50. The predicted molar refractivity (Wildman–Crippen MR) is 68.3 cm³/mol. The topological polar surface area (TPSA) is 57.4 Å². The Labute approximate surface area is 103 Å². The summed E-state index contributed by atoms with van der Waals surface area (Å²) in [5, 5.41) is 0. The first-order valence-corrected chi connectivity index (χ1v) is 6.12. The number of rotatable bonds is 7. The van der Waals surface area contributed by atoms with E-state index in [1.54, 1.807) is 0 Å². The number of aryl methyl sites for hydroxylation is 2. The molecule has 1 atom stereocenters. The van der Waals surface area contributed by atoms with E-state index in [-0.39, 0.29) is 6.10 Å². The zero-order chi connectivity index (χ0) is 12.7. The van der Waals surface area contributed by atoms with Gasteiger partial charge in [0.25, 0.3) is 0 Å². The number of pyridine rings is 1. The van der Waals surface area contributed by atoms with Gasteiger partial charge in [-0.05, 0) is 32.4 Å². The summed E-state index contributed by atoms with van der Waals surface area (Å²) in [7, 11) is 0. The first-order valence-electron chi connectivity index (χ1n) is 6.12. The highest BCUT2D eigenvalue weighted by Crippen LogP contribution is 2.17. The summed E-state index contributed by atoms with van der Waals surface area (Å²) in [4.78, 5) is 4.44. The summed E-state index contributed by atoms with van der Waals surface area (Å²) in [5.74, 6) is 0.830. The average molecular weight is 238 g/mol. The number of hydrogen-bond donors (Lipinski definition) is 1. The van der Waals surface area contributed by atoms with E-state index in [4.69, 9.17) is 15.2 Å². The van der Waals surface area contributed by atoms with Crippen LogP contribution in [0.1, 0.15) is 25.2 Å². The summed E-state index contributed by atoms with van der Waals surface area (Å²) < 4.78 is 11.2. The first kappa shape index (κ1) is 13.9. The smallest absolute Gasteiger partial charge is 0.140 e. The van der Waals surface area contributed by atoms with Crippen LogP contribution in [0, 0.1) is 6.92 Å². The van der Waals surface area contributed by atoms with Crippen molar-refractivity contribution in [2.24, 2.45) is 5.73 Å². The lowest BCUT2D eigenvalue weighted by Crippen LogP contribution is -2.30. The van der Waals surface area contributed by atoms with Crippen LogP contribution in [0.25, 0.3) is 0 Å². The fraction of sp³-hybridized carbons (Fsp3) is 0.615. The highest BCUT2D eigenvalue weighted by Gasteiger charge is 2.09. The van der Waals surface area contributed by atoms with E-state index in [0.29, 0.717) is 19.8 Å². The van der Waals surface area contributed by atoms with Crippen LogP contribution in [0.15, 0.2) is 12.1 Å². The Hall–Kier alpha value is -1.13. The molecule has 0 aromatic carbocycles. The molecule has 0 aliphatic rings. The lowest BCUT2D eigenvalue weighted by Gasteiger charge is -2.17. The number of ether oxygens (including phenoxy) is 2. The van der Waals surface area contributed by atoms with E-state index < -0.39 is 0 Å². The second-order valence-corrected chi connectivity index (χ2v) is 3.88. The SMILES string of the molecule is CCOC(CN)COc1ccc(C)nc1CC. The largest absolute Gasteiger partial charge is 0.489 e. The Balaban J connectivity index is 2.61. The normalized spacial score (nSPS) is 12.5. The van der Waals surface area contributed by atoms with E-state index >= 15 is 0 Å². The van der Waals surface area contributed by atoms with Crippen molar-refractivity contribution >= 4 is 0 Å². The zero-order valence-corrected chi connectivity index (χ0v) is 10.9. The maximum absolute atomic E-state index is 5.72. The van der Waals surface area contributed by atoms with Gasteiger partial charge in [0.05, 0.1) is 5.69 Å².